The minimum Gasteiger partial charge on any atom is -0.299 e. The standard InChI is InChI=1S/C8H11BrO2/c1-8(5-9)3-6(10)2-7(11)4-8/h2-5H2,1H3. The van der Waals surface area contributed by atoms with Crippen LogP contribution in [0.1, 0.15) is 26.2 Å². The van der Waals surface area contributed by atoms with Gasteiger partial charge < -0.3 is 0 Å². The molecule has 1 saturated carbocycles. The van der Waals surface area contributed by atoms with Crippen LogP contribution in [0.4, 0.5) is 0 Å². The van der Waals surface area contributed by atoms with Crippen LogP contribution >= 0.6 is 15.9 Å². The van der Waals surface area contributed by atoms with Crippen LogP contribution in [0.3, 0.4) is 0 Å². The first-order chi connectivity index (χ1) is 5.06. The molecule has 0 aromatic rings. The number of alkyl halides is 1. The lowest BCUT2D eigenvalue weighted by Crippen LogP contribution is -2.32. The van der Waals surface area contributed by atoms with Crippen LogP contribution in [0.25, 0.3) is 0 Å². The quantitative estimate of drug-likeness (QED) is 0.497. The maximum absolute atomic E-state index is 11.0. The van der Waals surface area contributed by atoms with Crippen LogP contribution < -0.4 is 0 Å². The highest BCUT2D eigenvalue weighted by atomic mass is 79.9. The first-order valence-corrected chi connectivity index (χ1v) is 4.77. The van der Waals surface area contributed by atoms with Crippen molar-refractivity contribution in [3.8, 4) is 0 Å². The molecule has 0 aliphatic heterocycles. The summed E-state index contributed by atoms with van der Waals surface area (Å²) < 4.78 is 0. The second-order valence-corrected chi connectivity index (χ2v) is 4.11. The van der Waals surface area contributed by atoms with E-state index in [1.807, 2.05) is 6.92 Å². The molecule has 0 saturated heterocycles. The van der Waals surface area contributed by atoms with E-state index in [1.54, 1.807) is 0 Å². The molecule has 0 radical (unpaired) electrons. The van der Waals surface area contributed by atoms with Gasteiger partial charge in [-0.3, -0.25) is 9.59 Å². The van der Waals surface area contributed by atoms with Crippen molar-refractivity contribution in [2.24, 2.45) is 5.41 Å². The third-order valence-electron chi connectivity index (χ3n) is 1.96. The normalized spacial score (nSPS) is 23.8. The molecule has 0 atom stereocenters. The van der Waals surface area contributed by atoms with Crippen LogP contribution in [-0.2, 0) is 9.59 Å². The van der Waals surface area contributed by atoms with E-state index in [0.29, 0.717) is 12.8 Å². The average molecular weight is 219 g/mol. The zero-order chi connectivity index (χ0) is 8.48. The van der Waals surface area contributed by atoms with Crippen LogP contribution in [0.15, 0.2) is 0 Å². The van der Waals surface area contributed by atoms with Gasteiger partial charge in [0.05, 0.1) is 6.42 Å². The van der Waals surface area contributed by atoms with Gasteiger partial charge in [0.25, 0.3) is 0 Å². The molecule has 0 amide bonds. The molecule has 11 heavy (non-hydrogen) atoms. The second-order valence-electron chi connectivity index (χ2n) is 3.55. The summed E-state index contributed by atoms with van der Waals surface area (Å²) in [4.78, 5) is 22.0. The van der Waals surface area contributed by atoms with Gasteiger partial charge in [0.15, 0.2) is 0 Å². The van der Waals surface area contributed by atoms with Crippen LogP contribution in [0, 0.1) is 5.41 Å². The van der Waals surface area contributed by atoms with Crippen LogP contribution in [0.2, 0.25) is 0 Å². The fraction of sp³-hybridized carbons (Fsp3) is 0.750. The summed E-state index contributed by atoms with van der Waals surface area (Å²) >= 11 is 3.32. The topological polar surface area (TPSA) is 34.1 Å². The molecule has 0 heterocycles. The number of carbonyl (C=O) groups is 2. The fourth-order valence-corrected chi connectivity index (χ4v) is 1.85. The summed E-state index contributed by atoms with van der Waals surface area (Å²) in [5, 5.41) is 0.734. The molecular formula is C8H11BrO2. The summed E-state index contributed by atoms with van der Waals surface area (Å²) in [6, 6.07) is 0. The number of halogens is 1. The monoisotopic (exact) mass is 218 g/mol. The molecule has 0 unspecified atom stereocenters. The van der Waals surface area contributed by atoms with Gasteiger partial charge in [-0.1, -0.05) is 22.9 Å². The first-order valence-electron chi connectivity index (χ1n) is 3.65. The van der Waals surface area contributed by atoms with Crippen LogP contribution in [-0.4, -0.2) is 16.9 Å². The summed E-state index contributed by atoms with van der Waals surface area (Å²) in [5.41, 5.74) is -0.119. The molecule has 0 N–H and O–H groups in total. The van der Waals surface area contributed by atoms with E-state index >= 15 is 0 Å². The van der Waals surface area contributed by atoms with Gasteiger partial charge in [0.2, 0.25) is 0 Å². The Kier molecular flexibility index (Phi) is 2.47. The minimum atomic E-state index is -0.119. The number of Topliss-reactive ketones (excluding diaryl/α,β-unsaturated/α-hetero) is 2. The summed E-state index contributed by atoms with van der Waals surface area (Å²) in [5.74, 6) is 0.173. The zero-order valence-corrected chi connectivity index (χ0v) is 8.11. The van der Waals surface area contributed by atoms with Gasteiger partial charge in [-0.25, -0.2) is 0 Å². The number of hydrogen-bond acceptors (Lipinski definition) is 2. The van der Waals surface area contributed by atoms with Crippen molar-refractivity contribution in [2.45, 2.75) is 26.2 Å². The largest absolute Gasteiger partial charge is 0.299 e. The van der Waals surface area contributed by atoms with Crippen molar-refractivity contribution in [3.05, 3.63) is 0 Å². The highest BCUT2D eigenvalue weighted by Crippen LogP contribution is 2.33. The molecular weight excluding hydrogens is 208 g/mol. The minimum absolute atomic E-state index is 0.0863. The van der Waals surface area contributed by atoms with E-state index < -0.39 is 0 Å². The van der Waals surface area contributed by atoms with E-state index in [-0.39, 0.29) is 23.4 Å². The highest BCUT2D eigenvalue weighted by molar-refractivity contribution is 9.09. The van der Waals surface area contributed by atoms with Crippen molar-refractivity contribution in [3.63, 3.8) is 0 Å². The van der Waals surface area contributed by atoms with Crippen molar-refractivity contribution < 1.29 is 9.59 Å². The number of rotatable bonds is 1. The lowest BCUT2D eigenvalue weighted by Gasteiger charge is -2.29. The molecule has 2 nitrogen and oxygen atoms in total. The maximum atomic E-state index is 11.0. The Balaban J connectivity index is 2.70. The number of carbonyl (C=O) groups excluding carboxylic acids is 2. The predicted molar refractivity (Wildman–Crippen MR) is 45.8 cm³/mol. The van der Waals surface area contributed by atoms with E-state index in [9.17, 15) is 9.59 Å². The summed E-state index contributed by atoms with van der Waals surface area (Å²) in [6.07, 6.45) is 1.25. The van der Waals surface area contributed by atoms with Gasteiger partial charge in [0, 0.05) is 18.2 Å². The lowest BCUT2D eigenvalue weighted by molar-refractivity contribution is -0.133. The average Bonchev–Trinajstić information content (AvgIpc) is 1.84. The van der Waals surface area contributed by atoms with Gasteiger partial charge in [-0.2, -0.15) is 0 Å². The Bertz CT molecular complexity index is 182. The van der Waals surface area contributed by atoms with Crippen molar-refractivity contribution >= 4 is 27.5 Å². The third-order valence-corrected chi connectivity index (χ3v) is 3.32. The third kappa shape index (κ3) is 2.12. The van der Waals surface area contributed by atoms with Crippen molar-refractivity contribution in [2.75, 3.05) is 5.33 Å². The lowest BCUT2D eigenvalue weighted by atomic mass is 9.76. The predicted octanol–water partition coefficient (Wildman–Crippen LogP) is 1.71. The van der Waals surface area contributed by atoms with E-state index in [4.69, 9.17) is 0 Å². The smallest absolute Gasteiger partial charge is 0.140 e. The Morgan fingerprint density at radius 2 is 1.82 bits per heavy atom. The Labute approximate surface area is 74.5 Å². The molecule has 1 rings (SSSR count). The Hall–Kier alpha value is -0.180. The summed E-state index contributed by atoms with van der Waals surface area (Å²) in [6.45, 7) is 1.97. The van der Waals surface area contributed by atoms with E-state index in [2.05, 4.69) is 15.9 Å². The first kappa shape index (κ1) is 8.91. The SMILES string of the molecule is CC1(CBr)CC(=O)CC(=O)C1. The molecule has 0 aromatic heterocycles. The highest BCUT2D eigenvalue weighted by Gasteiger charge is 2.34. The van der Waals surface area contributed by atoms with Crippen molar-refractivity contribution in [1.82, 2.24) is 0 Å². The molecule has 62 valence electrons. The molecule has 1 aliphatic carbocycles. The maximum Gasteiger partial charge on any atom is 0.140 e. The van der Waals surface area contributed by atoms with Gasteiger partial charge in [-0.15, -0.1) is 0 Å². The van der Waals surface area contributed by atoms with Crippen LogP contribution in [0.5, 0.6) is 0 Å². The van der Waals surface area contributed by atoms with E-state index in [1.165, 1.54) is 0 Å². The Morgan fingerprint density at radius 3 is 2.18 bits per heavy atom. The van der Waals surface area contributed by atoms with Gasteiger partial charge in [0.1, 0.15) is 11.6 Å². The zero-order valence-electron chi connectivity index (χ0n) is 6.52. The second kappa shape index (κ2) is 3.05. The molecule has 0 bridgehead atoms. The van der Waals surface area contributed by atoms with E-state index in [0.717, 1.165) is 5.33 Å². The molecule has 0 spiro atoms. The molecule has 3 heteroatoms. The number of ketones is 2. The van der Waals surface area contributed by atoms with Gasteiger partial charge >= 0.3 is 0 Å². The number of hydrogen-bond donors (Lipinski definition) is 0. The van der Waals surface area contributed by atoms with Gasteiger partial charge in [-0.05, 0) is 5.41 Å². The fourth-order valence-electron chi connectivity index (χ4n) is 1.45. The summed E-state index contributed by atoms with van der Waals surface area (Å²) in [7, 11) is 0. The molecule has 1 fully saturated rings. The molecule has 0 aromatic carbocycles. The van der Waals surface area contributed by atoms with Crippen molar-refractivity contribution in [1.29, 1.82) is 0 Å². The molecule has 1 aliphatic rings. The Morgan fingerprint density at radius 1 is 1.36 bits per heavy atom.